The quantitative estimate of drug-likeness (QED) is 0.0375. The molecule has 0 aliphatic rings. The molecule has 404 valence electrons. The van der Waals surface area contributed by atoms with Crippen molar-refractivity contribution in [3.63, 3.8) is 0 Å². The zero-order valence-electron chi connectivity index (χ0n) is 46.4. The molecule has 0 saturated heterocycles. The van der Waals surface area contributed by atoms with E-state index in [0.717, 1.165) is 25.7 Å². The van der Waals surface area contributed by atoms with E-state index in [1.54, 1.807) is 0 Å². The van der Waals surface area contributed by atoms with Crippen molar-refractivity contribution in [3.05, 3.63) is 12.8 Å². The molecule has 0 aliphatic heterocycles. The first kappa shape index (κ1) is 66.7. The van der Waals surface area contributed by atoms with Crippen molar-refractivity contribution in [2.24, 2.45) is 0 Å². The highest BCUT2D eigenvalue weighted by Gasteiger charge is 2.02. The van der Waals surface area contributed by atoms with Crippen LogP contribution in [-0.4, -0.2) is 17.0 Å². The average molecular weight is 958 g/mol. The Hall–Kier alpha value is -1.32. The van der Waals surface area contributed by atoms with Gasteiger partial charge in [-0.25, -0.2) is 0 Å². The summed E-state index contributed by atoms with van der Waals surface area (Å²) in [6, 6.07) is 0. The first-order chi connectivity index (χ1) is 33.7. The van der Waals surface area contributed by atoms with E-state index in [1.165, 1.54) is 353 Å². The molecule has 0 aromatic rings. The zero-order chi connectivity index (χ0) is 49.0. The summed E-state index contributed by atoms with van der Waals surface area (Å²) in [5, 5.41) is 8.68. The molecule has 4 heteroatoms. The summed E-state index contributed by atoms with van der Waals surface area (Å²) >= 11 is 0. The molecule has 0 spiro atoms. The Labute approximate surface area is 427 Å². The fourth-order valence-corrected chi connectivity index (χ4v) is 10.6. The van der Waals surface area contributed by atoms with Crippen molar-refractivity contribution in [1.29, 1.82) is 0 Å². The molecule has 0 saturated carbocycles. The molecular formula is C64H124O4. The first-order valence-corrected chi connectivity index (χ1v) is 31.7. The summed E-state index contributed by atoms with van der Waals surface area (Å²) in [5.41, 5.74) is 0. The molecule has 4 nitrogen and oxygen atoms in total. The predicted molar refractivity (Wildman–Crippen MR) is 301 cm³/mol. The Bertz CT molecular complexity index is 962. The fraction of sp³-hybridized carbons (Fsp3) is 0.938. The number of carboxylic acids is 1. The standard InChI is InChI=1S/C64H124O4/c1-2-68-64(67)62-60-58-56-54-52-50-48-46-44-42-40-38-36-34-32-30-28-26-24-22-20-18-16-14-12-10-8-6-4-3-5-7-9-11-13-15-17-19-21-23-25-27-29-31-33-35-37-39-41-43-45-47-49-51-53-55-57-59-61-63(65)66/h2H,1,3-62H2,(H,65,66). The Morgan fingerprint density at radius 1 is 0.235 bits per heavy atom. The minimum atomic E-state index is -0.647. The second-order valence-electron chi connectivity index (χ2n) is 22.1. The van der Waals surface area contributed by atoms with Gasteiger partial charge in [0.05, 0.1) is 6.26 Å². The van der Waals surface area contributed by atoms with E-state index in [9.17, 15) is 9.59 Å². The summed E-state index contributed by atoms with van der Waals surface area (Å²) in [6.45, 7) is 3.43. The molecule has 0 aromatic carbocycles. The molecule has 0 fully saturated rings. The van der Waals surface area contributed by atoms with E-state index >= 15 is 0 Å². The van der Waals surface area contributed by atoms with Gasteiger partial charge in [0.1, 0.15) is 0 Å². The van der Waals surface area contributed by atoms with Crippen LogP contribution in [0, 0.1) is 0 Å². The van der Waals surface area contributed by atoms with Gasteiger partial charge in [-0.05, 0) is 12.8 Å². The number of carboxylic acid groups (broad SMARTS) is 1. The molecule has 0 heterocycles. The van der Waals surface area contributed by atoms with Crippen molar-refractivity contribution in [1.82, 2.24) is 0 Å². The van der Waals surface area contributed by atoms with Crippen LogP contribution in [0.1, 0.15) is 385 Å². The molecule has 0 amide bonds. The minimum absolute atomic E-state index is 0.143. The molecule has 0 bridgehead atoms. The van der Waals surface area contributed by atoms with Crippen molar-refractivity contribution in [2.45, 2.75) is 385 Å². The third-order valence-corrected chi connectivity index (χ3v) is 15.2. The normalized spacial score (nSPS) is 11.5. The Kier molecular flexibility index (Phi) is 60.6. The van der Waals surface area contributed by atoms with Crippen LogP contribution in [0.5, 0.6) is 0 Å². The van der Waals surface area contributed by atoms with Gasteiger partial charge in [0.2, 0.25) is 0 Å². The number of rotatable bonds is 62. The maximum atomic E-state index is 11.3. The molecule has 0 rings (SSSR count). The van der Waals surface area contributed by atoms with Gasteiger partial charge < -0.3 is 9.84 Å². The van der Waals surface area contributed by atoms with E-state index in [-0.39, 0.29) is 5.97 Å². The van der Waals surface area contributed by atoms with Gasteiger partial charge >= 0.3 is 11.9 Å². The Balaban J connectivity index is 3.08. The molecule has 0 aliphatic carbocycles. The lowest BCUT2D eigenvalue weighted by Crippen LogP contribution is -1.98. The second kappa shape index (κ2) is 61.8. The number of hydrogen-bond acceptors (Lipinski definition) is 3. The highest BCUT2D eigenvalue weighted by atomic mass is 16.5. The SMILES string of the molecule is C=COC(=O)CCCCCCCCCCCCCCCCCCCCCCCCCCCCCCCCCCCCCCCCCCCCCCCCCCCCCCCCCCCCC(=O)O. The third-order valence-electron chi connectivity index (χ3n) is 15.2. The van der Waals surface area contributed by atoms with E-state index in [4.69, 9.17) is 9.84 Å². The van der Waals surface area contributed by atoms with Crippen LogP contribution in [0.15, 0.2) is 12.8 Å². The van der Waals surface area contributed by atoms with Crippen molar-refractivity contribution in [2.75, 3.05) is 0 Å². The largest absolute Gasteiger partial charge is 0.481 e. The molecule has 1 N–H and O–H groups in total. The van der Waals surface area contributed by atoms with Crippen LogP contribution in [0.2, 0.25) is 0 Å². The number of hydrogen-bond donors (Lipinski definition) is 1. The van der Waals surface area contributed by atoms with Gasteiger partial charge in [-0.1, -0.05) is 366 Å². The Morgan fingerprint density at radius 2 is 0.353 bits per heavy atom. The summed E-state index contributed by atoms with van der Waals surface area (Å²) in [5.74, 6) is -0.790. The van der Waals surface area contributed by atoms with Crippen LogP contribution < -0.4 is 0 Å². The van der Waals surface area contributed by atoms with Gasteiger partial charge in [-0.3, -0.25) is 9.59 Å². The first-order valence-electron chi connectivity index (χ1n) is 31.7. The van der Waals surface area contributed by atoms with Gasteiger partial charge in [-0.15, -0.1) is 0 Å². The molecular weight excluding hydrogens is 833 g/mol. The van der Waals surface area contributed by atoms with E-state index in [1.807, 2.05) is 0 Å². The second-order valence-corrected chi connectivity index (χ2v) is 22.1. The lowest BCUT2D eigenvalue weighted by Gasteiger charge is -2.05. The summed E-state index contributed by atoms with van der Waals surface area (Å²) < 4.78 is 4.76. The maximum Gasteiger partial charge on any atom is 0.310 e. The third kappa shape index (κ3) is 62.7. The van der Waals surface area contributed by atoms with Crippen molar-refractivity contribution >= 4 is 11.9 Å². The monoisotopic (exact) mass is 957 g/mol. The van der Waals surface area contributed by atoms with Crippen molar-refractivity contribution in [3.8, 4) is 0 Å². The molecule has 0 radical (unpaired) electrons. The summed E-state index contributed by atoms with van der Waals surface area (Å²) in [4.78, 5) is 21.8. The van der Waals surface area contributed by atoms with Crippen LogP contribution in [0.3, 0.4) is 0 Å². The lowest BCUT2D eigenvalue weighted by molar-refractivity contribution is -0.138. The number of carbonyl (C=O) groups is 2. The van der Waals surface area contributed by atoms with E-state index in [2.05, 4.69) is 6.58 Å². The number of carbonyl (C=O) groups excluding carboxylic acids is 1. The number of esters is 1. The van der Waals surface area contributed by atoms with E-state index in [0.29, 0.717) is 12.8 Å². The summed E-state index contributed by atoms with van der Waals surface area (Å²) in [7, 11) is 0. The number of unbranched alkanes of at least 4 members (excludes halogenated alkanes) is 57. The van der Waals surface area contributed by atoms with Crippen LogP contribution >= 0.6 is 0 Å². The highest BCUT2D eigenvalue weighted by molar-refractivity contribution is 5.69. The van der Waals surface area contributed by atoms with Gasteiger partial charge in [0.15, 0.2) is 0 Å². The number of aliphatic carboxylic acids is 1. The lowest BCUT2D eigenvalue weighted by atomic mass is 10.0. The fourth-order valence-electron chi connectivity index (χ4n) is 10.6. The topological polar surface area (TPSA) is 63.6 Å². The molecule has 0 unspecified atom stereocenters. The number of ether oxygens (including phenoxy) is 1. The van der Waals surface area contributed by atoms with Gasteiger partial charge in [-0.2, -0.15) is 0 Å². The van der Waals surface area contributed by atoms with Gasteiger partial charge in [0.25, 0.3) is 0 Å². The maximum absolute atomic E-state index is 11.3. The van der Waals surface area contributed by atoms with Crippen LogP contribution in [0.4, 0.5) is 0 Å². The minimum Gasteiger partial charge on any atom is -0.481 e. The van der Waals surface area contributed by atoms with Crippen LogP contribution in [0.25, 0.3) is 0 Å². The Morgan fingerprint density at radius 3 is 0.471 bits per heavy atom. The summed E-state index contributed by atoms with van der Waals surface area (Å²) in [6.07, 6.45) is 83.9. The highest BCUT2D eigenvalue weighted by Crippen LogP contribution is 2.20. The van der Waals surface area contributed by atoms with Crippen molar-refractivity contribution < 1.29 is 19.4 Å². The predicted octanol–water partition coefficient (Wildman–Crippen LogP) is 23.2. The molecule has 0 atom stereocenters. The molecule has 68 heavy (non-hydrogen) atoms. The molecule has 0 aromatic heterocycles. The van der Waals surface area contributed by atoms with Gasteiger partial charge in [0, 0.05) is 12.8 Å². The smallest absolute Gasteiger partial charge is 0.310 e. The average Bonchev–Trinajstić information content (AvgIpc) is 3.33. The zero-order valence-corrected chi connectivity index (χ0v) is 46.4. The van der Waals surface area contributed by atoms with Crippen LogP contribution in [-0.2, 0) is 14.3 Å². The van der Waals surface area contributed by atoms with E-state index < -0.39 is 5.97 Å².